The maximum absolute atomic E-state index is 12.4. The Kier molecular flexibility index (Phi) is 13.5. The topological polar surface area (TPSA) is 182 Å². The van der Waals surface area contributed by atoms with Gasteiger partial charge >= 0.3 is 18.0 Å². The monoisotopic (exact) mass is 652 g/mol. The van der Waals surface area contributed by atoms with Crippen molar-refractivity contribution < 1.29 is 43.8 Å². The maximum atomic E-state index is 12.4. The number of carboxylic acid groups (broad SMARTS) is 1. The molecule has 0 unspecified atom stereocenters. The third kappa shape index (κ3) is 11.4. The van der Waals surface area contributed by atoms with Gasteiger partial charge in [0.15, 0.2) is 6.04 Å². The van der Waals surface area contributed by atoms with Crippen molar-refractivity contribution in [3.05, 3.63) is 71.8 Å². The molecule has 47 heavy (non-hydrogen) atoms. The van der Waals surface area contributed by atoms with Crippen molar-refractivity contribution in [2.45, 2.75) is 83.0 Å². The van der Waals surface area contributed by atoms with Crippen LogP contribution >= 0.6 is 0 Å². The number of nitrogens with one attached hydrogen (secondary N) is 3. The molecule has 0 aromatic heterocycles. The third-order valence-corrected chi connectivity index (χ3v) is 8.21. The summed E-state index contributed by atoms with van der Waals surface area (Å²) >= 11 is 0. The molecule has 5 atom stereocenters. The number of aliphatic hydroxyl groups excluding tert-OH is 2. The lowest BCUT2D eigenvalue weighted by atomic mass is 10.0. The van der Waals surface area contributed by atoms with Crippen LogP contribution in [0.3, 0.4) is 0 Å². The van der Waals surface area contributed by atoms with Gasteiger partial charge in [-0.2, -0.15) is 0 Å². The van der Waals surface area contributed by atoms with Crippen LogP contribution in [0, 0.1) is 5.92 Å². The van der Waals surface area contributed by atoms with E-state index in [4.69, 9.17) is 9.47 Å². The molecule has 2 aliphatic heterocycles. The number of carbonyl (C=O) groups excluding carboxylic acids is 2. The molecule has 0 fully saturated rings. The number of amidine groups is 1. The molecule has 2 heterocycles. The van der Waals surface area contributed by atoms with Crippen molar-refractivity contribution in [1.29, 1.82) is 0 Å². The van der Waals surface area contributed by atoms with Crippen molar-refractivity contribution >= 4 is 29.8 Å². The fraction of sp³-hybridized carbons (Fsp3) is 0.500. The van der Waals surface area contributed by atoms with E-state index in [1.165, 1.54) is 0 Å². The van der Waals surface area contributed by atoms with E-state index < -0.39 is 30.3 Å². The Balaban J connectivity index is 1.20. The molecule has 4 rings (SSSR count). The SMILES string of the molecule is C[C@@H](CCCC[N+]1=C2NC(NCCC[C@H](NC(=O)OCc3ccccc3)C(=O)O)=N[C@H]2C[C@H](O)[C@H](O)C1)C(=O)OCc1ccccc1. The van der Waals surface area contributed by atoms with Gasteiger partial charge in [-0.25, -0.2) is 19.9 Å². The molecule has 0 radical (unpaired) electrons. The lowest BCUT2D eigenvalue weighted by molar-refractivity contribution is -0.539. The highest BCUT2D eigenvalue weighted by molar-refractivity contribution is 6.05. The van der Waals surface area contributed by atoms with Crippen molar-refractivity contribution in [2.75, 3.05) is 19.6 Å². The van der Waals surface area contributed by atoms with Crippen LogP contribution in [0.15, 0.2) is 65.7 Å². The number of guanidine groups is 1. The van der Waals surface area contributed by atoms with Crippen molar-refractivity contribution in [2.24, 2.45) is 10.9 Å². The Labute approximate surface area is 274 Å². The highest BCUT2D eigenvalue weighted by Crippen LogP contribution is 2.18. The lowest BCUT2D eigenvalue weighted by Gasteiger charge is -2.16. The van der Waals surface area contributed by atoms with Gasteiger partial charge in [-0.1, -0.05) is 67.6 Å². The molecule has 0 saturated heterocycles. The molecule has 13 nitrogen and oxygen atoms in total. The molecule has 0 spiro atoms. The van der Waals surface area contributed by atoms with Crippen molar-refractivity contribution in [3.63, 3.8) is 0 Å². The molecule has 2 aliphatic rings. The summed E-state index contributed by atoms with van der Waals surface area (Å²) in [4.78, 5) is 41.0. The summed E-state index contributed by atoms with van der Waals surface area (Å²) in [6.07, 6.45) is 0.396. The quantitative estimate of drug-likeness (QED) is 0.0893. The first-order valence-corrected chi connectivity index (χ1v) is 16.2. The molecule has 13 heteroatoms. The van der Waals surface area contributed by atoms with Gasteiger partial charge < -0.3 is 35.4 Å². The number of hydrogen-bond donors (Lipinski definition) is 6. The number of nitrogens with zero attached hydrogens (tertiary/aromatic N) is 2. The average Bonchev–Trinajstić information content (AvgIpc) is 3.43. The smallest absolute Gasteiger partial charge is 0.408 e. The maximum Gasteiger partial charge on any atom is 0.408 e. The second-order valence-electron chi connectivity index (χ2n) is 12.0. The number of unbranched alkanes of at least 4 members (excludes halogenated alkanes) is 1. The van der Waals surface area contributed by atoms with Gasteiger partial charge in [0, 0.05) is 13.0 Å². The van der Waals surface area contributed by atoms with Gasteiger partial charge in [0.25, 0.3) is 11.8 Å². The predicted molar refractivity (Wildman–Crippen MR) is 174 cm³/mol. The standard InChI is InChI=1S/C34H45N5O8/c1-23(32(44)46-21-24-12-4-2-5-13-24)11-8-9-18-39-20-29(41)28(40)19-27-30(39)38-33(36-27)35-17-10-16-26(31(42)43)37-34(45)47-22-25-14-6-3-7-15-25/h2-7,12-15,23,26-29,40-41H,8-11,16-22H2,1H3,(H3,35,36,37,42,43,45)/p+1/t23-,26-,27-,28-,29+/m0/s1. The molecule has 2 aromatic carbocycles. The second kappa shape index (κ2) is 18.0. The summed E-state index contributed by atoms with van der Waals surface area (Å²) in [6.45, 7) is 3.38. The Morgan fingerprint density at radius 2 is 1.60 bits per heavy atom. The van der Waals surface area contributed by atoms with Gasteiger partial charge in [0.1, 0.15) is 31.9 Å². The minimum atomic E-state index is -1.16. The van der Waals surface area contributed by atoms with Crippen LogP contribution in [0.25, 0.3) is 0 Å². The molecule has 1 amide bonds. The van der Waals surface area contributed by atoms with Gasteiger partial charge in [0.05, 0.1) is 18.6 Å². The molecule has 2 aromatic rings. The number of esters is 1. The first-order valence-electron chi connectivity index (χ1n) is 16.2. The van der Waals surface area contributed by atoms with Gasteiger partial charge in [0.2, 0.25) is 0 Å². The van der Waals surface area contributed by atoms with Crippen LogP contribution in [0.4, 0.5) is 4.79 Å². The Hall–Kier alpha value is -4.49. The summed E-state index contributed by atoms with van der Waals surface area (Å²) in [7, 11) is 0. The van der Waals surface area contributed by atoms with E-state index in [-0.39, 0.29) is 50.5 Å². The highest BCUT2D eigenvalue weighted by atomic mass is 16.5. The Bertz CT molecular complexity index is 1390. The van der Waals surface area contributed by atoms with E-state index in [2.05, 4.69) is 20.9 Å². The van der Waals surface area contributed by atoms with E-state index >= 15 is 0 Å². The number of hydrogen-bond acceptors (Lipinski definition) is 10. The predicted octanol–water partition coefficient (Wildman–Crippen LogP) is 2.15. The van der Waals surface area contributed by atoms with Crippen LogP contribution in [0.1, 0.15) is 56.6 Å². The first-order chi connectivity index (χ1) is 22.7. The molecule has 6 N–H and O–H groups in total. The molecular weight excluding hydrogens is 606 g/mol. The number of β-amino-alcohol motifs (C(OH)–C–C–N with tert-alkyl or cyclic N) is 1. The Morgan fingerprint density at radius 3 is 2.26 bits per heavy atom. The fourth-order valence-corrected chi connectivity index (χ4v) is 5.46. The number of carbonyl (C=O) groups is 3. The number of aliphatic imine (C=N–C) groups is 1. The van der Waals surface area contributed by atoms with E-state index in [1.54, 1.807) is 12.1 Å². The summed E-state index contributed by atoms with van der Waals surface area (Å²) < 4.78 is 12.6. The second-order valence-corrected chi connectivity index (χ2v) is 12.0. The first kappa shape index (κ1) is 35.4. The normalized spacial score (nSPS) is 20.1. The number of benzene rings is 2. The zero-order chi connectivity index (χ0) is 33.6. The van der Waals surface area contributed by atoms with Crippen LogP contribution in [-0.4, -0.2) is 93.6 Å². The minimum Gasteiger partial charge on any atom is -0.480 e. The number of rotatable bonds is 16. The van der Waals surface area contributed by atoms with E-state index in [0.29, 0.717) is 31.9 Å². The van der Waals surface area contributed by atoms with Crippen LogP contribution < -0.4 is 16.0 Å². The van der Waals surface area contributed by atoms with Crippen molar-refractivity contribution in [1.82, 2.24) is 16.0 Å². The number of ether oxygens (including phenoxy) is 2. The molecule has 0 saturated carbocycles. The number of fused-ring (bicyclic) bond motifs is 1. The number of aliphatic carboxylic acids is 1. The summed E-state index contributed by atoms with van der Waals surface area (Å²) in [5.41, 5.74) is 1.74. The molecule has 0 aliphatic carbocycles. The van der Waals surface area contributed by atoms with E-state index in [1.807, 2.05) is 60.0 Å². The van der Waals surface area contributed by atoms with Gasteiger partial charge in [-0.3, -0.25) is 9.37 Å². The van der Waals surface area contributed by atoms with E-state index in [0.717, 1.165) is 29.8 Å². The minimum absolute atomic E-state index is 0.0394. The fourth-order valence-electron chi connectivity index (χ4n) is 5.46. The Morgan fingerprint density at radius 1 is 0.936 bits per heavy atom. The summed E-state index contributed by atoms with van der Waals surface area (Å²) in [6, 6.07) is 17.2. The van der Waals surface area contributed by atoms with Gasteiger partial charge in [-0.15, -0.1) is 0 Å². The van der Waals surface area contributed by atoms with Gasteiger partial charge in [-0.05, 0) is 43.2 Å². The molecular formula is C34H46N5O8+. The highest BCUT2D eigenvalue weighted by Gasteiger charge is 2.40. The molecule has 0 bridgehead atoms. The zero-order valence-electron chi connectivity index (χ0n) is 26.7. The van der Waals surface area contributed by atoms with Crippen LogP contribution in [-0.2, 0) is 32.3 Å². The zero-order valence-corrected chi connectivity index (χ0v) is 26.7. The third-order valence-electron chi connectivity index (χ3n) is 8.21. The number of amides is 1. The molecule has 254 valence electrons. The number of alkyl carbamates (subject to hydrolysis) is 1. The largest absolute Gasteiger partial charge is 0.480 e. The van der Waals surface area contributed by atoms with Crippen molar-refractivity contribution in [3.8, 4) is 0 Å². The van der Waals surface area contributed by atoms with Crippen LogP contribution in [0.5, 0.6) is 0 Å². The average molecular weight is 653 g/mol. The van der Waals surface area contributed by atoms with E-state index in [9.17, 15) is 29.7 Å². The number of aliphatic hydroxyl groups is 2. The lowest BCUT2D eigenvalue weighted by Crippen LogP contribution is -2.44. The summed E-state index contributed by atoms with van der Waals surface area (Å²) in [5, 5.41) is 39.4. The number of carboxylic acids is 1. The van der Waals surface area contributed by atoms with Crippen LogP contribution in [0.2, 0.25) is 0 Å². The summed E-state index contributed by atoms with van der Waals surface area (Å²) in [5.74, 6) is -0.348.